The Bertz CT molecular complexity index is 336. The monoisotopic (exact) mass is 258 g/mol. The zero-order valence-corrected chi connectivity index (χ0v) is 11.4. The summed E-state index contributed by atoms with van der Waals surface area (Å²) < 4.78 is 5.28. The first-order chi connectivity index (χ1) is 7.87. The smallest absolute Gasteiger partial charge is 0.410 e. The molecule has 1 heterocycles. The standard InChI is InChI=1S/C10H18N4O2S/c1-10(2,3)16-9(15)14-5-7(12-13-11)8(6-14)17-4/h7-8H,5-6H2,1-4H3. The highest BCUT2D eigenvalue weighted by Gasteiger charge is 2.36. The number of thioether (sulfide) groups is 1. The van der Waals surface area contributed by atoms with Gasteiger partial charge >= 0.3 is 6.09 Å². The van der Waals surface area contributed by atoms with Crippen molar-refractivity contribution in [2.24, 2.45) is 5.11 Å². The summed E-state index contributed by atoms with van der Waals surface area (Å²) in [4.78, 5) is 16.3. The van der Waals surface area contributed by atoms with E-state index in [2.05, 4.69) is 10.0 Å². The molecule has 0 saturated carbocycles. The van der Waals surface area contributed by atoms with Gasteiger partial charge in [0.15, 0.2) is 0 Å². The molecule has 0 aliphatic carbocycles. The Hall–Kier alpha value is -1.07. The van der Waals surface area contributed by atoms with Gasteiger partial charge in [0.1, 0.15) is 5.60 Å². The molecule has 1 rings (SSSR count). The van der Waals surface area contributed by atoms with Gasteiger partial charge in [0.05, 0.1) is 6.04 Å². The number of hydrogen-bond donors (Lipinski definition) is 0. The van der Waals surface area contributed by atoms with E-state index in [4.69, 9.17) is 10.3 Å². The van der Waals surface area contributed by atoms with E-state index < -0.39 is 5.60 Å². The molecule has 0 radical (unpaired) electrons. The third-order valence-corrected chi connectivity index (χ3v) is 3.46. The average Bonchev–Trinajstić information content (AvgIpc) is 2.59. The molecule has 1 aliphatic rings. The second-order valence-electron chi connectivity index (χ2n) is 4.93. The molecule has 17 heavy (non-hydrogen) atoms. The van der Waals surface area contributed by atoms with E-state index in [9.17, 15) is 4.79 Å². The molecular weight excluding hydrogens is 240 g/mol. The van der Waals surface area contributed by atoms with Gasteiger partial charge in [-0.05, 0) is 32.6 Å². The highest BCUT2D eigenvalue weighted by Crippen LogP contribution is 2.25. The van der Waals surface area contributed by atoms with E-state index in [0.717, 1.165) is 0 Å². The average molecular weight is 258 g/mol. The van der Waals surface area contributed by atoms with E-state index in [1.165, 1.54) is 0 Å². The highest BCUT2D eigenvalue weighted by molar-refractivity contribution is 7.99. The minimum Gasteiger partial charge on any atom is -0.444 e. The molecule has 1 saturated heterocycles. The van der Waals surface area contributed by atoms with Gasteiger partial charge in [0.25, 0.3) is 0 Å². The molecule has 0 aromatic heterocycles. The molecule has 6 nitrogen and oxygen atoms in total. The van der Waals surface area contributed by atoms with Crippen LogP contribution in [0.4, 0.5) is 4.79 Å². The first-order valence-electron chi connectivity index (χ1n) is 5.42. The van der Waals surface area contributed by atoms with Gasteiger partial charge in [-0.15, -0.1) is 0 Å². The molecule has 1 fully saturated rings. The van der Waals surface area contributed by atoms with Gasteiger partial charge in [0, 0.05) is 23.3 Å². The maximum absolute atomic E-state index is 11.8. The molecular formula is C10H18N4O2S. The molecule has 96 valence electrons. The number of nitrogens with zero attached hydrogens (tertiary/aromatic N) is 4. The summed E-state index contributed by atoms with van der Waals surface area (Å²) in [5.41, 5.74) is 7.97. The number of amides is 1. The van der Waals surface area contributed by atoms with Crippen LogP contribution >= 0.6 is 11.8 Å². The van der Waals surface area contributed by atoms with Crippen LogP contribution in [0.3, 0.4) is 0 Å². The fraction of sp³-hybridized carbons (Fsp3) is 0.900. The third kappa shape index (κ3) is 4.02. The Kier molecular flexibility index (Phi) is 4.54. The van der Waals surface area contributed by atoms with Crippen molar-refractivity contribution in [2.45, 2.75) is 37.7 Å². The Morgan fingerprint density at radius 3 is 2.65 bits per heavy atom. The van der Waals surface area contributed by atoms with Crippen LogP contribution in [0.2, 0.25) is 0 Å². The lowest BCUT2D eigenvalue weighted by molar-refractivity contribution is 0.0293. The van der Waals surface area contributed by atoms with Crippen LogP contribution in [-0.4, -0.2) is 47.2 Å². The number of likely N-dealkylation sites (tertiary alicyclic amines) is 1. The van der Waals surface area contributed by atoms with Crippen molar-refractivity contribution in [1.82, 2.24) is 4.90 Å². The van der Waals surface area contributed by atoms with Crippen LogP contribution in [0.25, 0.3) is 10.4 Å². The van der Waals surface area contributed by atoms with Crippen molar-refractivity contribution in [3.63, 3.8) is 0 Å². The molecule has 7 heteroatoms. The van der Waals surface area contributed by atoms with Crippen molar-refractivity contribution < 1.29 is 9.53 Å². The number of ether oxygens (including phenoxy) is 1. The zero-order chi connectivity index (χ0) is 13.1. The predicted molar refractivity (Wildman–Crippen MR) is 68.0 cm³/mol. The van der Waals surface area contributed by atoms with E-state index in [-0.39, 0.29) is 17.4 Å². The largest absolute Gasteiger partial charge is 0.444 e. The number of azide groups is 1. The van der Waals surface area contributed by atoms with Crippen molar-refractivity contribution in [3.05, 3.63) is 10.4 Å². The molecule has 0 aromatic carbocycles. The molecule has 0 aromatic rings. The maximum Gasteiger partial charge on any atom is 0.410 e. The van der Waals surface area contributed by atoms with Crippen molar-refractivity contribution >= 4 is 17.9 Å². The number of carbonyl (C=O) groups is 1. The Morgan fingerprint density at radius 1 is 1.53 bits per heavy atom. The molecule has 0 spiro atoms. The lowest BCUT2D eigenvalue weighted by Crippen LogP contribution is -2.35. The summed E-state index contributed by atoms with van der Waals surface area (Å²) >= 11 is 1.61. The minimum absolute atomic E-state index is 0.151. The van der Waals surface area contributed by atoms with Gasteiger partial charge < -0.3 is 9.64 Å². The fourth-order valence-corrected chi connectivity index (χ4v) is 2.42. The SMILES string of the molecule is CSC1CN(C(=O)OC(C)(C)C)CC1N=[N+]=[N-]. The predicted octanol–water partition coefficient (Wildman–Crippen LogP) is 2.65. The van der Waals surface area contributed by atoms with E-state index in [1.807, 2.05) is 27.0 Å². The summed E-state index contributed by atoms with van der Waals surface area (Å²) in [6.45, 7) is 6.50. The van der Waals surface area contributed by atoms with Gasteiger partial charge in [-0.3, -0.25) is 0 Å². The second kappa shape index (κ2) is 5.51. The van der Waals surface area contributed by atoms with Crippen LogP contribution in [0, 0.1) is 0 Å². The van der Waals surface area contributed by atoms with E-state index in [1.54, 1.807) is 16.7 Å². The van der Waals surface area contributed by atoms with Crippen molar-refractivity contribution in [1.29, 1.82) is 0 Å². The van der Waals surface area contributed by atoms with Crippen molar-refractivity contribution in [3.8, 4) is 0 Å². The topological polar surface area (TPSA) is 78.3 Å². The number of hydrogen-bond acceptors (Lipinski definition) is 4. The summed E-state index contributed by atoms with van der Waals surface area (Å²) in [6.07, 6.45) is 1.61. The van der Waals surface area contributed by atoms with E-state index >= 15 is 0 Å². The molecule has 0 bridgehead atoms. The quantitative estimate of drug-likeness (QED) is 0.434. The minimum atomic E-state index is -0.497. The molecule has 1 amide bonds. The van der Waals surface area contributed by atoms with Gasteiger partial charge in [-0.25, -0.2) is 4.79 Å². The number of carbonyl (C=O) groups excluding carboxylic acids is 1. The summed E-state index contributed by atoms with van der Waals surface area (Å²) in [5, 5.41) is 3.87. The Morgan fingerprint density at radius 2 is 2.18 bits per heavy atom. The third-order valence-electron chi connectivity index (χ3n) is 2.39. The maximum atomic E-state index is 11.8. The second-order valence-corrected chi connectivity index (χ2v) is 6.01. The van der Waals surface area contributed by atoms with Gasteiger partial charge in [0.2, 0.25) is 0 Å². The van der Waals surface area contributed by atoms with Crippen LogP contribution in [0.15, 0.2) is 5.11 Å². The molecule has 1 aliphatic heterocycles. The first-order valence-corrected chi connectivity index (χ1v) is 6.71. The van der Waals surface area contributed by atoms with Gasteiger partial charge in [-0.1, -0.05) is 5.11 Å². The Labute approximate surface area is 105 Å². The lowest BCUT2D eigenvalue weighted by atomic mass is 10.2. The van der Waals surface area contributed by atoms with Crippen LogP contribution < -0.4 is 0 Å². The molecule has 2 unspecified atom stereocenters. The van der Waals surface area contributed by atoms with Crippen LogP contribution in [0.1, 0.15) is 20.8 Å². The zero-order valence-electron chi connectivity index (χ0n) is 10.6. The molecule has 2 atom stereocenters. The normalized spacial score (nSPS) is 24.4. The van der Waals surface area contributed by atoms with Crippen molar-refractivity contribution in [2.75, 3.05) is 19.3 Å². The highest BCUT2D eigenvalue weighted by atomic mass is 32.2. The molecule has 0 N–H and O–H groups in total. The summed E-state index contributed by atoms with van der Waals surface area (Å²) in [6, 6.07) is -0.164. The lowest BCUT2D eigenvalue weighted by Gasteiger charge is -2.24. The fourth-order valence-electron chi connectivity index (χ4n) is 1.64. The number of rotatable bonds is 2. The van der Waals surface area contributed by atoms with Crippen LogP contribution in [-0.2, 0) is 4.74 Å². The first kappa shape index (κ1) is 14.0. The van der Waals surface area contributed by atoms with E-state index in [0.29, 0.717) is 13.1 Å². The summed E-state index contributed by atoms with van der Waals surface area (Å²) in [7, 11) is 0. The van der Waals surface area contributed by atoms with Crippen LogP contribution in [0.5, 0.6) is 0 Å². The van der Waals surface area contributed by atoms with Gasteiger partial charge in [-0.2, -0.15) is 11.8 Å². The Balaban J connectivity index is 2.64. The summed E-state index contributed by atoms with van der Waals surface area (Å²) in [5.74, 6) is 0.